The third-order valence-corrected chi connectivity index (χ3v) is 6.14. The van der Waals surface area contributed by atoms with Crippen molar-refractivity contribution in [3.05, 3.63) is 46.5 Å². The molecule has 4 rings (SSSR count). The van der Waals surface area contributed by atoms with E-state index in [4.69, 9.17) is 9.47 Å². The highest BCUT2D eigenvalue weighted by Crippen LogP contribution is 2.58. The summed E-state index contributed by atoms with van der Waals surface area (Å²) in [6, 6.07) is 6.43. The van der Waals surface area contributed by atoms with Crippen LogP contribution in [0.5, 0.6) is 5.75 Å². The Bertz CT molecular complexity index is 771. The van der Waals surface area contributed by atoms with Gasteiger partial charge in [0.05, 0.1) is 7.11 Å². The fourth-order valence-corrected chi connectivity index (χ4v) is 4.99. The standard InChI is InChI=1S/C21H24O3/c1-4-21-10-9-17-16-6-5-15(23-3)11-14(16)12-18(17)19(21)7-8-20(21)24-13(2)22/h5-7,11,20H,4,8-10,12H2,1-3H3/t20-,21+/m1/s1. The average Bonchev–Trinajstić information content (AvgIpc) is 3.12. The molecule has 3 aliphatic carbocycles. The van der Waals surface area contributed by atoms with Gasteiger partial charge >= 0.3 is 5.97 Å². The van der Waals surface area contributed by atoms with E-state index in [-0.39, 0.29) is 17.5 Å². The van der Waals surface area contributed by atoms with Crippen LogP contribution in [0.3, 0.4) is 0 Å². The zero-order chi connectivity index (χ0) is 16.9. The smallest absolute Gasteiger partial charge is 0.302 e. The second kappa shape index (κ2) is 5.51. The maximum absolute atomic E-state index is 11.5. The largest absolute Gasteiger partial charge is 0.497 e. The molecule has 0 aromatic heterocycles. The number of carbonyl (C=O) groups is 1. The Morgan fingerprint density at radius 1 is 1.33 bits per heavy atom. The van der Waals surface area contributed by atoms with Gasteiger partial charge in [-0.15, -0.1) is 0 Å². The number of ether oxygens (including phenoxy) is 2. The fraction of sp³-hybridized carbons (Fsp3) is 0.476. The summed E-state index contributed by atoms with van der Waals surface area (Å²) in [6.07, 6.45) is 7.31. The summed E-state index contributed by atoms with van der Waals surface area (Å²) in [5.74, 6) is 0.759. The molecule has 0 radical (unpaired) electrons. The Morgan fingerprint density at radius 2 is 2.17 bits per heavy atom. The Labute approximate surface area is 143 Å². The van der Waals surface area contributed by atoms with Gasteiger partial charge in [0.25, 0.3) is 0 Å². The molecule has 0 amide bonds. The molecule has 24 heavy (non-hydrogen) atoms. The topological polar surface area (TPSA) is 35.5 Å². The third-order valence-electron chi connectivity index (χ3n) is 6.14. The molecular formula is C21H24O3. The molecule has 0 unspecified atom stereocenters. The summed E-state index contributed by atoms with van der Waals surface area (Å²) in [7, 11) is 1.72. The number of esters is 1. The Balaban J connectivity index is 1.72. The monoisotopic (exact) mass is 324 g/mol. The molecule has 0 bridgehead atoms. The number of methoxy groups -OCH3 is 1. The lowest BCUT2D eigenvalue weighted by Gasteiger charge is -2.41. The predicted molar refractivity (Wildman–Crippen MR) is 93.8 cm³/mol. The highest BCUT2D eigenvalue weighted by molar-refractivity contribution is 5.82. The summed E-state index contributed by atoms with van der Waals surface area (Å²) in [4.78, 5) is 11.5. The van der Waals surface area contributed by atoms with Gasteiger partial charge in [0, 0.05) is 18.8 Å². The van der Waals surface area contributed by atoms with Gasteiger partial charge < -0.3 is 9.47 Å². The predicted octanol–water partition coefficient (Wildman–Crippen LogP) is 4.46. The van der Waals surface area contributed by atoms with E-state index in [2.05, 4.69) is 31.2 Å². The minimum atomic E-state index is -0.165. The number of allylic oxidation sites excluding steroid dienone is 2. The molecule has 3 heteroatoms. The van der Waals surface area contributed by atoms with Crippen molar-refractivity contribution in [2.24, 2.45) is 5.41 Å². The zero-order valence-electron chi connectivity index (χ0n) is 14.6. The first-order valence-electron chi connectivity index (χ1n) is 8.86. The number of hydrogen-bond donors (Lipinski definition) is 0. The number of hydrogen-bond acceptors (Lipinski definition) is 3. The number of rotatable bonds is 3. The van der Waals surface area contributed by atoms with Crippen LogP contribution in [0.2, 0.25) is 0 Å². The van der Waals surface area contributed by atoms with Gasteiger partial charge in [-0.2, -0.15) is 0 Å². The van der Waals surface area contributed by atoms with Crippen LogP contribution in [0.4, 0.5) is 0 Å². The summed E-state index contributed by atoms with van der Waals surface area (Å²) >= 11 is 0. The number of fused-ring (bicyclic) bond motifs is 4. The Kier molecular flexibility index (Phi) is 3.56. The molecule has 0 heterocycles. The first kappa shape index (κ1) is 15.5. The minimum Gasteiger partial charge on any atom is -0.497 e. The van der Waals surface area contributed by atoms with E-state index in [9.17, 15) is 4.79 Å². The van der Waals surface area contributed by atoms with Gasteiger partial charge in [-0.25, -0.2) is 0 Å². The summed E-state index contributed by atoms with van der Waals surface area (Å²) in [5.41, 5.74) is 7.16. The maximum Gasteiger partial charge on any atom is 0.302 e. The van der Waals surface area contributed by atoms with Gasteiger partial charge in [0.2, 0.25) is 0 Å². The van der Waals surface area contributed by atoms with Gasteiger partial charge in [-0.3, -0.25) is 4.79 Å². The first-order valence-corrected chi connectivity index (χ1v) is 8.86. The molecule has 3 nitrogen and oxygen atoms in total. The van der Waals surface area contributed by atoms with Crippen molar-refractivity contribution in [2.45, 2.75) is 52.1 Å². The first-order chi connectivity index (χ1) is 11.6. The quantitative estimate of drug-likeness (QED) is 0.770. The second-order valence-electron chi connectivity index (χ2n) is 7.12. The maximum atomic E-state index is 11.5. The summed E-state index contributed by atoms with van der Waals surface area (Å²) in [6.45, 7) is 3.75. The van der Waals surface area contributed by atoms with Crippen molar-refractivity contribution in [2.75, 3.05) is 7.11 Å². The van der Waals surface area contributed by atoms with E-state index < -0.39 is 0 Å². The van der Waals surface area contributed by atoms with Gasteiger partial charge in [-0.1, -0.05) is 19.1 Å². The normalized spacial score (nSPS) is 27.3. The lowest BCUT2D eigenvalue weighted by molar-refractivity contribution is -0.151. The average molecular weight is 324 g/mol. The van der Waals surface area contributed by atoms with Crippen LogP contribution in [-0.4, -0.2) is 19.2 Å². The van der Waals surface area contributed by atoms with Gasteiger partial charge in [-0.05, 0) is 65.7 Å². The molecule has 2 atom stereocenters. The van der Waals surface area contributed by atoms with E-state index in [1.165, 1.54) is 34.8 Å². The molecule has 0 N–H and O–H groups in total. The SMILES string of the molecule is CC[C@]12CCC3=C(Cc4cc(OC)ccc43)C1=CC[C@H]2OC(C)=O. The van der Waals surface area contributed by atoms with Crippen LogP contribution in [0, 0.1) is 5.41 Å². The van der Waals surface area contributed by atoms with E-state index >= 15 is 0 Å². The highest BCUT2D eigenvalue weighted by Gasteiger charge is 2.50. The molecule has 3 aliphatic rings. The van der Waals surface area contributed by atoms with Crippen LogP contribution in [0.15, 0.2) is 35.4 Å². The van der Waals surface area contributed by atoms with Crippen molar-refractivity contribution in [1.29, 1.82) is 0 Å². The molecular weight excluding hydrogens is 300 g/mol. The number of benzene rings is 1. The second-order valence-corrected chi connectivity index (χ2v) is 7.12. The van der Waals surface area contributed by atoms with Gasteiger partial charge in [0.1, 0.15) is 11.9 Å². The van der Waals surface area contributed by atoms with Crippen molar-refractivity contribution >= 4 is 11.5 Å². The molecule has 1 aromatic carbocycles. The van der Waals surface area contributed by atoms with Crippen molar-refractivity contribution in [3.63, 3.8) is 0 Å². The van der Waals surface area contributed by atoms with E-state index in [1.807, 2.05) is 0 Å². The molecule has 0 fully saturated rings. The lowest BCUT2D eigenvalue weighted by Crippen LogP contribution is -2.38. The molecule has 0 aliphatic heterocycles. The molecule has 0 spiro atoms. The van der Waals surface area contributed by atoms with Crippen LogP contribution < -0.4 is 4.74 Å². The highest BCUT2D eigenvalue weighted by atomic mass is 16.5. The third kappa shape index (κ3) is 2.07. The van der Waals surface area contributed by atoms with Crippen LogP contribution in [0.25, 0.3) is 5.57 Å². The van der Waals surface area contributed by atoms with E-state index in [0.717, 1.165) is 37.9 Å². The summed E-state index contributed by atoms with van der Waals surface area (Å²) in [5, 5.41) is 0. The summed E-state index contributed by atoms with van der Waals surface area (Å²) < 4.78 is 11.1. The van der Waals surface area contributed by atoms with Crippen LogP contribution in [0.1, 0.15) is 50.7 Å². The molecule has 0 saturated heterocycles. The Morgan fingerprint density at radius 3 is 2.88 bits per heavy atom. The molecule has 126 valence electrons. The van der Waals surface area contributed by atoms with Crippen LogP contribution >= 0.6 is 0 Å². The fourth-order valence-electron chi connectivity index (χ4n) is 4.99. The Hall–Kier alpha value is -2.03. The minimum absolute atomic E-state index is 0.00213. The van der Waals surface area contributed by atoms with E-state index in [1.54, 1.807) is 7.11 Å². The molecule has 0 saturated carbocycles. The number of carbonyl (C=O) groups excluding carboxylic acids is 1. The van der Waals surface area contributed by atoms with Crippen molar-refractivity contribution in [3.8, 4) is 5.75 Å². The molecule has 1 aromatic rings. The van der Waals surface area contributed by atoms with Crippen LogP contribution in [-0.2, 0) is 16.0 Å². The van der Waals surface area contributed by atoms with Crippen molar-refractivity contribution in [1.82, 2.24) is 0 Å². The van der Waals surface area contributed by atoms with E-state index in [0.29, 0.717) is 0 Å². The van der Waals surface area contributed by atoms with Crippen molar-refractivity contribution < 1.29 is 14.3 Å². The van der Waals surface area contributed by atoms with Gasteiger partial charge in [0.15, 0.2) is 0 Å². The zero-order valence-corrected chi connectivity index (χ0v) is 14.6. The lowest BCUT2D eigenvalue weighted by atomic mass is 9.66.